The van der Waals surface area contributed by atoms with E-state index in [1.807, 2.05) is 0 Å². The van der Waals surface area contributed by atoms with Crippen molar-refractivity contribution in [3.05, 3.63) is 47.1 Å². The van der Waals surface area contributed by atoms with Crippen molar-refractivity contribution in [3.8, 4) is 17.1 Å². The van der Waals surface area contributed by atoms with E-state index in [-0.39, 0.29) is 24.6 Å². The first kappa shape index (κ1) is 17.2. The molecule has 1 saturated heterocycles. The van der Waals surface area contributed by atoms with Crippen molar-refractivity contribution in [1.29, 1.82) is 0 Å². The quantitative estimate of drug-likeness (QED) is 0.612. The van der Waals surface area contributed by atoms with Crippen LogP contribution >= 0.6 is 24.0 Å². The number of benzene rings is 1. The van der Waals surface area contributed by atoms with Crippen LogP contribution in [-0.2, 0) is 9.59 Å². The molecule has 25 heavy (non-hydrogen) atoms. The van der Waals surface area contributed by atoms with E-state index in [4.69, 9.17) is 21.7 Å². The summed E-state index contributed by atoms with van der Waals surface area (Å²) in [5.41, 5.74) is 0.716. The summed E-state index contributed by atoms with van der Waals surface area (Å²) in [6.45, 7) is 0.0457. The Kier molecular flexibility index (Phi) is 4.91. The number of furan rings is 1. The van der Waals surface area contributed by atoms with Gasteiger partial charge < -0.3 is 14.6 Å². The molecule has 1 amide bonds. The molecule has 2 heterocycles. The van der Waals surface area contributed by atoms with Crippen molar-refractivity contribution in [2.45, 2.75) is 6.42 Å². The third-order valence-corrected chi connectivity index (χ3v) is 4.83. The van der Waals surface area contributed by atoms with Crippen LogP contribution in [0, 0.1) is 0 Å². The molecule has 3 rings (SSSR count). The van der Waals surface area contributed by atoms with Crippen molar-refractivity contribution in [1.82, 2.24) is 4.90 Å². The number of nitrogens with zero attached hydrogens (tertiary/aromatic N) is 1. The third kappa shape index (κ3) is 3.92. The number of rotatable bonds is 5. The number of phenolic OH excluding ortho intramolecular Hbond substituents is 1. The number of hydrogen-bond donors (Lipinski definition) is 2. The number of aliphatic carboxylic acids is 1. The molecular formula is C17H13NO5S2. The van der Waals surface area contributed by atoms with Gasteiger partial charge in [0.1, 0.15) is 21.6 Å². The van der Waals surface area contributed by atoms with Gasteiger partial charge in [0.05, 0.1) is 11.3 Å². The summed E-state index contributed by atoms with van der Waals surface area (Å²) in [6, 6.07) is 10.1. The largest absolute Gasteiger partial charge is 0.508 e. The van der Waals surface area contributed by atoms with E-state index in [1.165, 1.54) is 4.90 Å². The molecule has 8 heteroatoms. The van der Waals surface area contributed by atoms with Crippen LogP contribution in [0.2, 0.25) is 0 Å². The van der Waals surface area contributed by atoms with Crippen LogP contribution < -0.4 is 0 Å². The molecule has 128 valence electrons. The predicted molar refractivity (Wildman–Crippen MR) is 97.9 cm³/mol. The molecule has 2 N–H and O–H groups in total. The van der Waals surface area contributed by atoms with Crippen LogP contribution in [0.25, 0.3) is 17.4 Å². The highest BCUT2D eigenvalue weighted by Crippen LogP contribution is 2.34. The first-order chi connectivity index (χ1) is 11.9. The lowest BCUT2D eigenvalue weighted by Gasteiger charge is -2.12. The van der Waals surface area contributed by atoms with E-state index in [2.05, 4.69) is 0 Å². The number of phenols is 1. The fraction of sp³-hybridized carbons (Fsp3) is 0.118. The molecular weight excluding hydrogens is 362 g/mol. The zero-order valence-corrected chi connectivity index (χ0v) is 14.5. The molecule has 1 aromatic carbocycles. The van der Waals surface area contributed by atoms with E-state index in [0.717, 1.165) is 11.8 Å². The Morgan fingerprint density at radius 3 is 2.84 bits per heavy atom. The monoisotopic (exact) mass is 375 g/mol. The van der Waals surface area contributed by atoms with Gasteiger partial charge >= 0.3 is 5.97 Å². The fourth-order valence-corrected chi connectivity index (χ4v) is 3.56. The number of carboxylic acids is 1. The van der Waals surface area contributed by atoms with Crippen LogP contribution in [0.1, 0.15) is 12.2 Å². The van der Waals surface area contributed by atoms with Gasteiger partial charge in [-0.1, -0.05) is 36.1 Å². The Bertz CT molecular complexity index is 887. The molecule has 1 aromatic heterocycles. The van der Waals surface area contributed by atoms with Gasteiger partial charge in [-0.15, -0.1) is 0 Å². The first-order valence-corrected chi connectivity index (χ1v) is 8.53. The van der Waals surface area contributed by atoms with Gasteiger partial charge in [0.15, 0.2) is 0 Å². The van der Waals surface area contributed by atoms with Crippen LogP contribution in [0.5, 0.6) is 5.75 Å². The second-order valence-electron chi connectivity index (χ2n) is 5.23. The second-order valence-corrected chi connectivity index (χ2v) is 6.91. The number of carbonyl (C=O) groups excluding carboxylic acids is 1. The minimum Gasteiger partial charge on any atom is -0.508 e. The molecule has 2 aromatic rings. The number of amides is 1. The molecule has 0 aliphatic carbocycles. The van der Waals surface area contributed by atoms with Gasteiger partial charge in [0.2, 0.25) is 0 Å². The second kappa shape index (κ2) is 7.12. The maximum Gasteiger partial charge on any atom is 0.305 e. The summed E-state index contributed by atoms with van der Waals surface area (Å²) < 4.78 is 6.03. The van der Waals surface area contributed by atoms with E-state index in [9.17, 15) is 14.7 Å². The minimum absolute atomic E-state index is 0.0457. The molecule has 1 aliphatic heterocycles. The summed E-state index contributed by atoms with van der Waals surface area (Å²) in [5, 5.41) is 18.3. The van der Waals surface area contributed by atoms with E-state index >= 15 is 0 Å². The van der Waals surface area contributed by atoms with Crippen LogP contribution in [-0.4, -0.2) is 37.9 Å². The summed E-state index contributed by atoms with van der Waals surface area (Å²) in [6.07, 6.45) is 1.41. The normalized spacial score (nSPS) is 16.0. The average Bonchev–Trinajstić information content (AvgIpc) is 3.12. The Labute approximate surface area is 152 Å². The maximum absolute atomic E-state index is 12.3. The number of thiocarbonyl (C=S) groups is 1. The summed E-state index contributed by atoms with van der Waals surface area (Å²) in [4.78, 5) is 24.7. The van der Waals surface area contributed by atoms with Crippen molar-refractivity contribution in [2.75, 3.05) is 6.54 Å². The molecule has 6 nitrogen and oxygen atoms in total. The van der Waals surface area contributed by atoms with E-state index in [0.29, 0.717) is 26.3 Å². The van der Waals surface area contributed by atoms with E-state index < -0.39 is 5.97 Å². The molecule has 0 unspecified atom stereocenters. The Morgan fingerprint density at radius 1 is 1.32 bits per heavy atom. The molecule has 0 spiro atoms. The smallest absolute Gasteiger partial charge is 0.305 e. The lowest BCUT2D eigenvalue weighted by atomic mass is 10.2. The van der Waals surface area contributed by atoms with Crippen molar-refractivity contribution in [3.63, 3.8) is 0 Å². The highest BCUT2D eigenvalue weighted by atomic mass is 32.2. The zero-order chi connectivity index (χ0) is 18.0. The summed E-state index contributed by atoms with van der Waals surface area (Å²) in [7, 11) is 0. The van der Waals surface area contributed by atoms with Gasteiger partial charge in [0, 0.05) is 18.2 Å². The minimum atomic E-state index is -0.986. The summed E-state index contributed by atoms with van der Waals surface area (Å²) >= 11 is 6.25. The molecule has 0 saturated carbocycles. The highest BCUT2D eigenvalue weighted by Gasteiger charge is 2.32. The van der Waals surface area contributed by atoms with Gasteiger partial charge in [0.25, 0.3) is 5.91 Å². The fourth-order valence-electron chi connectivity index (χ4n) is 2.27. The Hall–Kier alpha value is -2.58. The number of thioether (sulfide) groups is 1. The molecule has 0 radical (unpaired) electrons. The predicted octanol–water partition coefficient (Wildman–Crippen LogP) is 3.33. The molecule has 0 bridgehead atoms. The summed E-state index contributed by atoms with van der Waals surface area (Å²) in [5.74, 6) is -0.151. The lowest BCUT2D eigenvalue weighted by molar-refractivity contribution is -0.137. The Morgan fingerprint density at radius 2 is 2.12 bits per heavy atom. The molecule has 0 atom stereocenters. The topological polar surface area (TPSA) is 91.0 Å². The number of carboxylic acid groups (broad SMARTS) is 1. The first-order valence-electron chi connectivity index (χ1n) is 7.30. The maximum atomic E-state index is 12.3. The third-order valence-electron chi connectivity index (χ3n) is 3.45. The van der Waals surface area contributed by atoms with Crippen LogP contribution in [0.3, 0.4) is 0 Å². The average molecular weight is 375 g/mol. The lowest BCUT2D eigenvalue weighted by Crippen LogP contribution is -2.30. The standard InChI is InChI=1S/C17H13NO5S2/c19-11-3-1-2-10(8-11)13-5-4-12(23-13)9-14-16(22)18(17(24)25-14)7-6-15(20)21/h1-5,8-9,19H,6-7H2,(H,20,21)/b14-9+. The number of aromatic hydroxyl groups is 1. The Balaban J connectivity index is 1.79. The molecule has 1 fully saturated rings. The van der Waals surface area contributed by atoms with Gasteiger partial charge in [-0.2, -0.15) is 0 Å². The number of carbonyl (C=O) groups is 2. The van der Waals surface area contributed by atoms with Gasteiger partial charge in [-0.05, 0) is 24.3 Å². The van der Waals surface area contributed by atoms with Gasteiger partial charge in [-0.25, -0.2) is 0 Å². The van der Waals surface area contributed by atoms with Crippen molar-refractivity contribution < 1.29 is 24.2 Å². The number of hydrogen-bond acceptors (Lipinski definition) is 6. The van der Waals surface area contributed by atoms with Crippen LogP contribution in [0.15, 0.2) is 45.7 Å². The SMILES string of the molecule is O=C(O)CCN1C(=O)/C(=C\c2ccc(-c3cccc(O)c3)o2)SC1=S. The highest BCUT2D eigenvalue weighted by molar-refractivity contribution is 8.26. The molecule has 1 aliphatic rings. The van der Waals surface area contributed by atoms with E-state index in [1.54, 1.807) is 42.5 Å². The van der Waals surface area contributed by atoms with Gasteiger partial charge in [-0.3, -0.25) is 14.5 Å². The van der Waals surface area contributed by atoms with Crippen molar-refractivity contribution in [2.24, 2.45) is 0 Å². The zero-order valence-electron chi connectivity index (χ0n) is 12.8. The van der Waals surface area contributed by atoms with Crippen LogP contribution in [0.4, 0.5) is 0 Å². The van der Waals surface area contributed by atoms with Crippen molar-refractivity contribution >= 4 is 46.3 Å².